The predicted molar refractivity (Wildman–Crippen MR) is 103 cm³/mol. The summed E-state index contributed by atoms with van der Waals surface area (Å²) in [5, 5.41) is 2.99. The molecule has 2 aromatic carbocycles. The van der Waals surface area contributed by atoms with Gasteiger partial charge in [-0.2, -0.15) is 0 Å². The van der Waals surface area contributed by atoms with E-state index in [4.69, 9.17) is 9.47 Å². The largest absolute Gasteiger partial charge is 0.371 e. The van der Waals surface area contributed by atoms with Crippen LogP contribution in [0.2, 0.25) is 0 Å². The zero-order valence-electron chi connectivity index (χ0n) is 15.7. The van der Waals surface area contributed by atoms with Crippen LogP contribution < -0.4 is 10.2 Å². The molecular formula is C20H17BrF4N2O3. The second kappa shape index (κ2) is 7.92. The third-order valence-electron chi connectivity index (χ3n) is 5.11. The highest BCUT2D eigenvalue weighted by Crippen LogP contribution is 2.43. The molecule has 160 valence electrons. The molecule has 0 aromatic heterocycles. The predicted octanol–water partition coefficient (Wildman–Crippen LogP) is 3.60. The Morgan fingerprint density at radius 1 is 1.20 bits per heavy atom. The van der Waals surface area contributed by atoms with Gasteiger partial charge in [-0.05, 0) is 25.1 Å². The van der Waals surface area contributed by atoms with Gasteiger partial charge in [0.05, 0.1) is 19.4 Å². The first-order valence-corrected chi connectivity index (χ1v) is 9.92. The number of ether oxygens (including phenoxy) is 2. The van der Waals surface area contributed by atoms with Gasteiger partial charge in [0.15, 0.2) is 4.32 Å². The Kier molecular flexibility index (Phi) is 5.60. The molecule has 0 aliphatic carbocycles. The Balaban J connectivity index is 1.63. The van der Waals surface area contributed by atoms with Crippen LogP contribution in [0.1, 0.15) is 12.5 Å². The highest BCUT2D eigenvalue weighted by atomic mass is 79.9. The fraction of sp³-hybridized carbons (Fsp3) is 0.350. The van der Waals surface area contributed by atoms with Crippen LogP contribution in [0.25, 0.3) is 0 Å². The van der Waals surface area contributed by atoms with E-state index in [0.29, 0.717) is 0 Å². The molecule has 10 heteroatoms. The first kappa shape index (κ1) is 21.2. The summed E-state index contributed by atoms with van der Waals surface area (Å²) in [5.41, 5.74) is -0.401. The van der Waals surface area contributed by atoms with Crippen molar-refractivity contribution in [3.8, 4) is 0 Å². The summed E-state index contributed by atoms with van der Waals surface area (Å²) >= 11 is 3.37. The zero-order valence-corrected chi connectivity index (χ0v) is 17.3. The van der Waals surface area contributed by atoms with E-state index in [2.05, 4.69) is 21.2 Å². The maximum Gasteiger partial charge on any atom is 0.252 e. The number of epoxide rings is 1. The molecule has 1 N–H and O–H groups in total. The molecule has 0 saturated carbocycles. The summed E-state index contributed by atoms with van der Waals surface area (Å²) in [7, 11) is 0. The number of carbonyl (C=O) groups excluding carboxylic acids is 1. The van der Waals surface area contributed by atoms with Crippen molar-refractivity contribution >= 4 is 27.5 Å². The van der Waals surface area contributed by atoms with Gasteiger partial charge in [0, 0.05) is 11.6 Å². The molecule has 30 heavy (non-hydrogen) atoms. The molecule has 2 heterocycles. The van der Waals surface area contributed by atoms with Crippen LogP contribution in [0.3, 0.4) is 0 Å². The van der Waals surface area contributed by atoms with Crippen LogP contribution in [-0.4, -0.2) is 35.3 Å². The minimum absolute atomic E-state index is 0.0902. The number of benzene rings is 2. The van der Waals surface area contributed by atoms with Crippen molar-refractivity contribution in [3.05, 3.63) is 65.2 Å². The fourth-order valence-electron chi connectivity index (χ4n) is 3.48. The molecule has 2 aliphatic rings. The van der Waals surface area contributed by atoms with Crippen LogP contribution >= 0.6 is 15.9 Å². The molecule has 2 saturated heterocycles. The monoisotopic (exact) mass is 488 g/mol. The molecule has 0 radical (unpaired) electrons. The van der Waals surface area contributed by atoms with E-state index in [0.717, 1.165) is 29.2 Å². The van der Waals surface area contributed by atoms with Gasteiger partial charge in [0.25, 0.3) is 5.91 Å². The normalized spacial score (nSPS) is 28.7. The molecule has 5 nitrogen and oxygen atoms in total. The topological polar surface area (TPSA) is 54.1 Å². The van der Waals surface area contributed by atoms with Crippen LogP contribution in [0.4, 0.5) is 23.2 Å². The van der Waals surface area contributed by atoms with Crippen LogP contribution in [0.15, 0.2) is 36.4 Å². The third kappa shape index (κ3) is 3.62. The van der Waals surface area contributed by atoms with Crippen LogP contribution in [0, 0.1) is 23.3 Å². The Morgan fingerprint density at radius 2 is 1.87 bits per heavy atom. The standard InChI is InChI=1S/C20H17BrF4N2O3/c1-10-26-18(30-8-11-5-6-12(22)7-15(11)25)20(21,16-9-29-16)19(28)27(10)17-13(23)3-2-4-14(17)24/h2-7,10,16,18,26H,8-9H2,1H3. The van der Waals surface area contributed by atoms with Crippen LogP contribution in [0.5, 0.6) is 0 Å². The lowest BCUT2D eigenvalue weighted by atomic mass is 9.97. The van der Waals surface area contributed by atoms with Gasteiger partial charge in [-0.1, -0.05) is 28.1 Å². The summed E-state index contributed by atoms with van der Waals surface area (Å²) in [4.78, 5) is 14.4. The SMILES string of the molecule is CC1NC(OCc2ccc(F)cc2F)C(Br)(C2CO2)C(=O)N1c1c(F)cccc1F. The quantitative estimate of drug-likeness (QED) is 0.397. The number of carbonyl (C=O) groups is 1. The molecule has 2 fully saturated rings. The number of rotatable bonds is 5. The van der Waals surface area contributed by atoms with Crippen LogP contribution in [-0.2, 0) is 20.9 Å². The lowest BCUT2D eigenvalue weighted by Gasteiger charge is -2.46. The number of alkyl halides is 1. The Hall–Kier alpha value is -2.01. The summed E-state index contributed by atoms with van der Waals surface area (Å²) in [5.74, 6) is -3.96. The minimum Gasteiger partial charge on any atom is -0.371 e. The first-order valence-electron chi connectivity index (χ1n) is 9.13. The smallest absolute Gasteiger partial charge is 0.252 e. The van der Waals surface area contributed by atoms with E-state index in [-0.39, 0.29) is 18.8 Å². The van der Waals surface area contributed by atoms with E-state index in [1.807, 2.05) is 0 Å². The summed E-state index contributed by atoms with van der Waals surface area (Å²) in [6.07, 6.45) is -2.48. The second-order valence-electron chi connectivity index (χ2n) is 7.10. The summed E-state index contributed by atoms with van der Waals surface area (Å²) < 4.78 is 65.4. The minimum atomic E-state index is -1.51. The van der Waals surface area contributed by atoms with E-state index >= 15 is 0 Å². The lowest BCUT2D eigenvalue weighted by molar-refractivity contribution is -0.133. The van der Waals surface area contributed by atoms with Gasteiger partial charge in [-0.25, -0.2) is 17.6 Å². The number of anilines is 1. The number of hydrogen-bond acceptors (Lipinski definition) is 4. The maximum atomic E-state index is 14.4. The second-order valence-corrected chi connectivity index (χ2v) is 8.42. The van der Waals surface area contributed by atoms with Crippen molar-refractivity contribution in [1.29, 1.82) is 0 Å². The average molecular weight is 489 g/mol. The molecule has 0 spiro atoms. The van der Waals surface area contributed by atoms with Gasteiger partial charge in [-0.3, -0.25) is 15.0 Å². The third-order valence-corrected chi connectivity index (χ3v) is 6.37. The van der Waals surface area contributed by atoms with E-state index in [1.54, 1.807) is 6.92 Å². The Bertz CT molecular complexity index is 970. The number of para-hydroxylation sites is 1. The number of amides is 1. The molecule has 2 aromatic rings. The number of nitrogens with zero attached hydrogens (tertiary/aromatic N) is 1. The van der Waals surface area contributed by atoms with Crippen molar-refractivity contribution < 1.29 is 31.8 Å². The molecular weight excluding hydrogens is 472 g/mol. The van der Waals surface area contributed by atoms with Gasteiger partial charge in [-0.15, -0.1) is 0 Å². The van der Waals surface area contributed by atoms with Crippen molar-refractivity contribution in [1.82, 2.24) is 5.32 Å². The molecule has 2 aliphatic heterocycles. The molecule has 1 amide bonds. The number of halogens is 5. The van der Waals surface area contributed by atoms with Crippen molar-refractivity contribution in [2.45, 2.75) is 36.4 Å². The highest BCUT2D eigenvalue weighted by molar-refractivity contribution is 9.10. The first-order chi connectivity index (χ1) is 14.2. The van der Waals surface area contributed by atoms with E-state index in [9.17, 15) is 22.4 Å². The van der Waals surface area contributed by atoms with Gasteiger partial charge in [0.1, 0.15) is 41.3 Å². The Morgan fingerprint density at radius 3 is 2.47 bits per heavy atom. The zero-order chi connectivity index (χ0) is 21.6. The Labute approximate surface area is 178 Å². The maximum absolute atomic E-state index is 14.4. The molecule has 4 atom stereocenters. The fourth-order valence-corrected chi connectivity index (χ4v) is 4.20. The lowest BCUT2D eigenvalue weighted by Crippen LogP contribution is -2.72. The van der Waals surface area contributed by atoms with Gasteiger partial charge < -0.3 is 9.47 Å². The summed E-state index contributed by atoms with van der Waals surface area (Å²) in [6, 6.07) is 6.38. The van der Waals surface area contributed by atoms with Crippen molar-refractivity contribution in [2.75, 3.05) is 11.5 Å². The molecule has 0 bridgehead atoms. The summed E-state index contributed by atoms with van der Waals surface area (Å²) in [6.45, 7) is 1.50. The van der Waals surface area contributed by atoms with Crippen molar-refractivity contribution in [2.24, 2.45) is 0 Å². The van der Waals surface area contributed by atoms with Gasteiger partial charge in [0.2, 0.25) is 0 Å². The van der Waals surface area contributed by atoms with Gasteiger partial charge >= 0.3 is 0 Å². The van der Waals surface area contributed by atoms with E-state index in [1.165, 1.54) is 12.1 Å². The highest BCUT2D eigenvalue weighted by Gasteiger charge is 2.62. The number of hydrogen-bond donors (Lipinski definition) is 1. The molecule has 4 rings (SSSR count). The molecule has 4 unspecified atom stereocenters. The average Bonchev–Trinajstić information content (AvgIpc) is 3.52. The number of nitrogens with one attached hydrogen (secondary N) is 1. The van der Waals surface area contributed by atoms with Crippen molar-refractivity contribution in [3.63, 3.8) is 0 Å². The van der Waals surface area contributed by atoms with E-state index < -0.39 is 57.7 Å².